The molecule has 1 saturated heterocycles. The van der Waals surface area contributed by atoms with Gasteiger partial charge in [0.25, 0.3) is 0 Å². The fraction of sp³-hybridized carbons (Fsp3) is 0.909. The molecule has 1 fully saturated rings. The van der Waals surface area contributed by atoms with Crippen molar-refractivity contribution in [1.82, 2.24) is 4.90 Å². The SMILES string of the molecule is CC(C)(C)OC(=O)N1CC[C@@](C)(CN)C1. The molecule has 1 atom stereocenters. The van der Waals surface area contributed by atoms with Crippen molar-refractivity contribution in [3.63, 3.8) is 0 Å². The summed E-state index contributed by atoms with van der Waals surface area (Å²) in [5, 5.41) is 0. The predicted molar refractivity (Wildman–Crippen MR) is 59.6 cm³/mol. The minimum absolute atomic E-state index is 0.0664. The second kappa shape index (κ2) is 4.00. The average molecular weight is 214 g/mol. The van der Waals surface area contributed by atoms with Crippen LogP contribution in [0.5, 0.6) is 0 Å². The van der Waals surface area contributed by atoms with Crippen LogP contribution in [0.15, 0.2) is 0 Å². The number of ether oxygens (including phenoxy) is 1. The third kappa shape index (κ3) is 3.38. The van der Waals surface area contributed by atoms with E-state index < -0.39 is 5.60 Å². The van der Waals surface area contributed by atoms with Crippen LogP contribution in [0.2, 0.25) is 0 Å². The minimum Gasteiger partial charge on any atom is -0.444 e. The van der Waals surface area contributed by atoms with Crippen LogP contribution in [0.4, 0.5) is 4.79 Å². The van der Waals surface area contributed by atoms with E-state index in [1.54, 1.807) is 4.90 Å². The predicted octanol–water partition coefficient (Wildman–Crippen LogP) is 1.59. The summed E-state index contributed by atoms with van der Waals surface area (Å²) < 4.78 is 5.31. The fourth-order valence-electron chi connectivity index (χ4n) is 1.67. The molecule has 88 valence electrons. The van der Waals surface area contributed by atoms with Crippen molar-refractivity contribution in [3.05, 3.63) is 0 Å². The first kappa shape index (κ1) is 12.3. The number of carbonyl (C=O) groups is 1. The van der Waals surface area contributed by atoms with Gasteiger partial charge in [0.15, 0.2) is 0 Å². The Hall–Kier alpha value is -0.770. The molecule has 0 spiro atoms. The zero-order valence-electron chi connectivity index (χ0n) is 10.2. The van der Waals surface area contributed by atoms with Crippen molar-refractivity contribution in [2.24, 2.45) is 11.1 Å². The molecule has 1 aliphatic rings. The first-order chi connectivity index (χ1) is 6.76. The Morgan fingerprint density at radius 3 is 2.53 bits per heavy atom. The highest BCUT2D eigenvalue weighted by Crippen LogP contribution is 2.29. The zero-order valence-corrected chi connectivity index (χ0v) is 10.2. The van der Waals surface area contributed by atoms with Crippen LogP contribution in [0, 0.1) is 5.41 Å². The summed E-state index contributed by atoms with van der Waals surface area (Å²) >= 11 is 0. The number of carbonyl (C=O) groups excluding carboxylic acids is 1. The van der Waals surface area contributed by atoms with Gasteiger partial charge in [0.05, 0.1) is 0 Å². The number of hydrogen-bond donors (Lipinski definition) is 1. The van der Waals surface area contributed by atoms with Crippen molar-refractivity contribution < 1.29 is 9.53 Å². The first-order valence-electron chi connectivity index (χ1n) is 5.44. The molecule has 1 aliphatic heterocycles. The van der Waals surface area contributed by atoms with E-state index in [-0.39, 0.29) is 11.5 Å². The quantitative estimate of drug-likeness (QED) is 0.721. The lowest BCUT2D eigenvalue weighted by Crippen LogP contribution is -2.38. The second-order valence-electron chi connectivity index (χ2n) is 5.67. The van der Waals surface area contributed by atoms with E-state index in [1.807, 2.05) is 20.8 Å². The molecular formula is C11H22N2O2. The number of nitrogens with two attached hydrogens (primary N) is 1. The summed E-state index contributed by atoms with van der Waals surface area (Å²) in [6, 6.07) is 0. The van der Waals surface area contributed by atoms with Crippen molar-refractivity contribution in [1.29, 1.82) is 0 Å². The number of rotatable bonds is 1. The maximum Gasteiger partial charge on any atom is 0.410 e. The van der Waals surface area contributed by atoms with Crippen molar-refractivity contribution >= 4 is 6.09 Å². The van der Waals surface area contributed by atoms with Gasteiger partial charge in [-0.25, -0.2) is 4.79 Å². The molecule has 0 aromatic carbocycles. The molecule has 1 rings (SSSR count). The molecule has 15 heavy (non-hydrogen) atoms. The van der Waals surface area contributed by atoms with Gasteiger partial charge in [-0.2, -0.15) is 0 Å². The van der Waals surface area contributed by atoms with Crippen LogP contribution in [-0.2, 0) is 4.74 Å². The lowest BCUT2D eigenvalue weighted by molar-refractivity contribution is 0.0277. The van der Waals surface area contributed by atoms with E-state index in [4.69, 9.17) is 10.5 Å². The zero-order chi connectivity index (χ0) is 11.7. The van der Waals surface area contributed by atoms with Gasteiger partial charge in [0, 0.05) is 13.1 Å². The number of nitrogens with zero attached hydrogens (tertiary/aromatic N) is 1. The smallest absolute Gasteiger partial charge is 0.410 e. The molecule has 4 heteroatoms. The van der Waals surface area contributed by atoms with E-state index in [9.17, 15) is 4.79 Å². The van der Waals surface area contributed by atoms with Gasteiger partial charge in [0.1, 0.15) is 5.60 Å². The molecule has 1 heterocycles. The van der Waals surface area contributed by atoms with Crippen LogP contribution in [-0.4, -0.2) is 36.2 Å². The van der Waals surface area contributed by atoms with E-state index in [0.29, 0.717) is 13.1 Å². The summed E-state index contributed by atoms with van der Waals surface area (Å²) in [6.07, 6.45) is 0.739. The van der Waals surface area contributed by atoms with Crippen molar-refractivity contribution in [3.8, 4) is 0 Å². The highest BCUT2D eigenvalue weighted by Gasteiger charge is 2.36. The van der Waals surface area contributed by atoms with Gasteiger partial charge >= 0.3 is 6.09 Å². The van der Waals surface area contributed by atoms with Crippen LogP contribution >= 0.6 is 0 Å². The fourth-order valence-corrected chi connectivity index (χ4v) is 1.67. The first-order valence-corrected chi connectivity index (χ1v) is 5.44. The summed E-state index contributed by atoms with van der Waals surface area (Å²) in [5.41, 5.74) is 5.33. The van der Waals surface area contributed by atoms with Crippen LogP contribution in [0.25, 0.3) is 0 Å². The van der Waals surface area contributed by atoms with Gasteiger partial charge < -0.3 is 15.4 Å². The van der Waals surface area contributed by atoms with Crippen LogP contribution < -0.4 is 5.73 Å². The number of likely N-dealkylation sites (tertiary alicyclic amines) is 1. The second-order valence-corrected chi connectivity index (χ2v) is 5.67. The molecular weight excluding hydrogens is 192 g/mol. The summed E-state index contributed by atoms with van der Waals surface area (Å²) in [7, 11) is 0. The van der Waals surface area contributed by atoms with E-state index in [1.165, 1.54) is 0 Å². The Morgan fingerprint density at radius 2 is 2.13 bits per heavy atom. The highest BCUT2D eigenvalue weighted by molar-refractivity contribution is 5.68. The van der Waals surface area contributed by atoms with Crippen LogP contribution in [0.1, 0.15) is 34.1 Å². The third-order valence-electron chi connectivity index (χ3n) is 2.70. The summed E-state index contributed by atoms with van der Waals surface area (Å²) in [6.45, 7) is 9.82. The van der Waals surface area contributed by atoms with Gasteiger partial charge in [-0.1, -0.05) is 6.92 Å². The number of amides is 1. The summed E-state index contributed by atoms with van der Waals surface area (Å²) in [4.78, 5) is 13.5. The molecule has 0 bridgehead atoms. The monoisotopic (exact) mass is 214 g/mol. The van der Waals surface area contributed by atoms with Crippen molar-refractivity contribution in [2.75, 3.05) is 19.6 Å². The lowest BCUT2D eigenvalue weighted by atomic mass is 9.90. The topological polar surface area (TPSA) is 55.6 Å². The lowest BCUT2D eigenvalue weighted by Gasteiger charge is -2.26. The van der Waals surface area contributed by atoms with E-state index in [2.05, 4.69) is 6.92 Å². The molecule has 0 radical (unpaired) electrons. The standard InChI is InChI=1S/C11H22N2O2/c1-10(2,3)15-9(14)13-6-5-11(4,7-12)8-13/h5-8,12H2,1-4H3/t11-/m0/s1. The van der Waals surface area contributed by atoms with Crippen molar-refractivity contribution in [2.45, 2.75) is 39.7 Å². The Labute approximate surface area is 91.8 Å². The molecule has 0 aromatic heterocycles. The largest absolute Gasteiger partial charge is 0.444 e. The molecule has 1 amide bonds. The van der Waals surface area contributed by atoms with Crippen LogP contribution in [0.3, 0.4) is 0 Å². The summed E-state index contributed by atoms with van der Waals surface area (Å²) in [5.74, 6) is 0. The normalized spacial score (nSPS) is 26.9. The Morgan fingerprint density at radius 1 is 1.53 bits per heavy atom. The van der Waals surface area contributed by atoms with E-state index >= 15 is 0 Å². The minimum atomic E-state index is -0.418. The molecule has 0 saturated carbocycles. The highest BCUT2D eigenvalue weighted by atomic mass is 16.6. The molecule has 0 aromatic rings. The molecule has 0 unspecified atom stereocenters. The van der Waals surface area contributed by atoms with Gasteiger partial charge in [-0.15, -0.1) is 0 Å². The maximum absolute atomic E-state index is 11.7. The Kier molecular flexibility index (Phi) is 3.28. The molecule has 4 nitrogen and oxygen atoms in total. The molecule has 2 N–H and O–H groups in total. The average Bonchev–Trinajstić information content (AvgIpc) is 2.46. The van der Waals surface area contributed by atoms with Gasteiger partial charge in [-0.3, -0.25) is 0 Å². The van der Waals surface area contributed by atoms with E-state index in [0.717, 1.165) is 13.0 Å². The van der Waals surface area contributed by atoms with Gasteiger partial charge in [-0.05, 0) is 39.2 Å². The maximum atomic E-state index is 11.7. The van der Waals surface area contributed by atoms with Gasteiger partial charge in [0.2, 0.25) is 0 Å². The molecule has 0 aliphatic carbocycles. The Balaban J connectivity index is 2.51. The number of hydrogen-bond acceptors (Lipinski definition) is 3. The Bertz CT molecular complexity index is 247. The third-order valence-corrected chi connectivity index (χ3v) is 2.70.